The summed E-state index contributed by atoms with van der Waals surface area (Å²) < 4.78 is 36.9. The smallest absolute Gasteiger partial charge is 0.307 e. The lowest BCUT2D eigenvalue weighted by molar-refractivity contribution is -0.142. The van der Waals surface area contributed by atoms with Crippen LogP contribution in [0.1, 0.15) is 70.3 Å². The normalized spacial score (nSPS) is 19.6. The lowest BCUT2D eigenvalue weighted by atomic mass is 9.87. The number of unbranched alkanes of at least 4 members (excludes halogenated alkanes) is 5. The largest absolute Gasteiger partial charge is 0.469 e. The number of benzene rings is 1. The molecule has 0 bridgehead atoms. The van der Waals surface area contributed by atoms with Crippen LogP contribution in [0.5, 0.6) is 0 Å². The molecule has 0 spiro atoms. The Bertz CT molecular complexity index is 804. The van der Waals surface area contributed by atoms with Crippen molar-refractivity contribution in [3.05, 3.63) is 29.8 Å². The number of hydrogen-bond donors (Lipinski definition) is 2. The molecular formula is C23H38IN3O4S. The average Bonchev–Trinajstić information content (AvgIpc) is 2.76. The van der Waals surface area contributed by atoms with Crippen molar-refractivity contribution in [1.29, 1.82) is 0 Å². The lowest BCUT2D eigenvalue weighted by Crippen LogP contribution is -2.60. The van der Waals surface area contributed by atoms with Gasteiger partial charge in [0.2, 0.25) is 0 Å². The molecule has 2 rings (SSSR count). The first kappa shape index (κ1) is 27.3. The summed E-state index contributed by atoms with van der Waals surface area (Å²) in [6.45, 7) is 3.59. The second kappa shape index (κ2) is 13.7. The van der Waals surface area contributed by atoms with E-state index >= 15 is 0 Å². The van der Waals surface area contributed by atoms with E-state index in [4.69, 9.17) is 4.74 Å². The molecule has 1 aromatic rings. The second-order valence-electron chi connectivity index (χ2n) is 8.73. The molecular weight excluding hydrogens is 541 g/mol. The molecule has 0 amide bonds. The van der Waals surface area contributed by atoms with Crippen LogP contribution in [0.25, 0.3) is 0 Å². The van der Waals surface area contributed by atoms with E-state index in [-0.39, 0.29) is 6.42 Å². The van der Waals surface area contributed by atoms with Crippen LogP contribution in [0.2, 0.25) is 0 Å². The van der Waals surface area contributed by atoms with Crippen LogP contribution in [-0.4, -0.2) is 49.6 Å². The molecule has 9 heteroatoms. The zero-order valence-electron chi connectivity index (χ0n) is 19.4. The molecule has 1 aliphatic heterocycles. The fourth-order valence-corrected chi connectivity index (χ4v) is 6.14. The first-order chi connectivity index (χ1) is 15.3. The van der Waals surface area contributed by atoms with Gasteiger partial charge in [0.1, 0.15) is 0 Å². The molecule has 2 N–H and O–H groups in total. The molecule has 1 unspecified atom stereocenters. The molecule has 1 fully saturated rings. The highest BCUT2D eigenvalue weighted by Crippen LogP contribution is 2.27. The summed E-state index contributed by atoms with van der Waals surface area (Å²) in [6, 6.07) is 7.56. The van der Waals surface area contributed by atoms with E-state index in [1.54, 1.807) is 12.1 Å². The number of nitrogens with zero attached hydrogens (tertiary/aromatic N) is 1. The maximum atomic E-state index is 12.9. The predicted octanol–water partition coefficient (Wildman–Crippen LogP) is 4.63. The van der Waals surface area contributed by atoms with Crippen molar-refractivity contribution in [3.8, 4) is 0 Å². The van der Waals surface area contributed by atoms with E-state index in [1.165, 1.54) is 44.8 Å². The van der Waals surface area contributed by atoms with Crippen LogP contribution in [-0.2, 0) is 26.2 Å². The topological polar surface area (TPSA) is 87.7 Å². The summed E-state index contributed by atoms with van der Waals surface area (Å²) in [5.41, 5.74) is 0.850. The summed E-state index contributed by atoms with van der Waals surface area (Å²) in [5.74, 6) is -0.415. The molecule has 32 heavy (non-hydrogen) atoms. The van der Waals surface area contributed by atoms with Crippen LogP contribution < -0.4 is 9.44 Å². The van der Waals surface area contributed by atoms with Gasteiger partial charge in [0, 0.05) is 12.2 Å². The first-order valence-corrected chi connectivity index (χ1v) is 14.6. The predicted molar refractivity (Wildman–Crippen MR) is 138 cm³/mol. The maximum Gasteiger partial charge on any atom is 0.307 e. The highest BCUT2D eigenvalue weighted by atomic mass is 127. The number of hydrogen-bond acceptors (Lipinski definition) is 5. The van der Waals surface area contributed by atoms with E-state index < -0.39 is 21.7 Å². The number of nitrogens with one attached hydrogen (secondary N) is 2. The standard InChI is InChI=1S/C23H38IN3O4S/c1-3-4-5-6-7-8-10-20-11-13-21(14-12-20)25-32(29,30)26-23(17-22(28)31-2)15-9-16-27(18-23)19-24/h11-14,25-26H,3-10,15-19H2,1-2H3. The molecule has 1 heterocycles. The van der Waals surface area contributed by atoms with E-state index in [0.29, 0.717) is 18.7 Å². The maximum absolute atomic E-state index is 12.9. The Morgan fingerprint density at radius 3 is 2.50 bits per heavy atom. The van der Waals surface area contributed by atoms with Crippen molar-refractivity contribution in [3.63, 3.8) is 0 Å². The molecule has 0 radical (unpaired) electrons. The van der Waals surface area contributed by atoms with Crippen molar-refractivity contribution < 1.29 is 17.9 Å². The highest BCUT2D eigenvalue weighted by Gasteiger charge is 2.41. The number of carbonyl (C=O) groups excluding carboxylic acids is 1. The number of halogens is 1. The summed E-state index contributed by atoms with van der Waals surface area (Å²) in [7, 11) is -2.53. The first-order valence-electron chi connectivity index (χ1n) is 11.6. The van der Waals surface area contributed by atoms with Gasteiger partial charge < -0.3 is 4.74 Å². The van der Waals surface area contributed by atoms with Gasteiger partial charge in [-0.05, 0) is 49.9 Å². The minimum Gasteiger partial charge on any atom is -0.469 e. The Balaban J connectivity index is 1.96. The quantitative estimate of drug-likeness (QED) is 0.110. The molecule has 1 saturated heterocycles. The average molecular weight is 580 g/mol. The van der Waals surface area contributed by atoms with Gasteiger partial charge in [-0.2, -0.15) is 13.1 Å². The third-order valence-corrected chi connectivity index (χ3v) is 8.08. The molecule has 1 aromatic carbocycles. The minimum absolute atomic E-state index is 0.00867. The number of rotatable bonds is 14. The SMILES string of the molecule is CCCCCCCCc1ccc(NS(=O)(=O)NC2(CC(=O)OC)CCCN(CI)C2)cc1. The summed E-state index contributed by atoms with van der Waals surface area (Å²) >= 11 is 2.26. The van der Waals surface area contributed by atoms with Gasteiger partial charge >= 0.3 is 5.97 Å². The van der Waals surface area contributed by atoms with Crippen molar-refractivity contribution in [2.75, 3.05) is 29.5 Å². The Hall–Kier alpha value is -0.910. The van der Waals surface area contributed by atoms with Gasteiger partial charge in [0.15, 0.2) is 0 Å². The molecule has 1 aliphatic rings. The van der Waals surface area contributed by atoms with Gasteiger partial charge in [0.05, 0.1) is 23.6 Å². The number of methoxy groups -OCH3 is 1. The van der Waals surface area contributed by atoms with Crippen LogP contribution in [0.4, 0.5) is 5.69 Å². The third-order valence-electron chi connectivity index (χ3n) is 5.91. The van der Waals surface area contributed by atoms with Crippen LogP contribution in [0, 0.1) is 0 Å². The molecule has 0 saturated carbocycles. The molecule has 0 aromatic heterocycles. The number of aryl methyl sites for hydroxylation is 1. The number of likely N-dealkylation sites (tertiary alicyclic amines) is 1. The van der Waals surface area contributed by atoms with E-state index in [1.807, 2.05) is 12.1 Å². The Kier molecular flexibility index (Phi) is 11.7. The van der Waals surface area contributed by atoms with Crippen molar-refractivity contribution in [2.24, 2.45) is 0 Å². The molecule has 0 aliphatic carbocycles. The fourth-order valence-electron chi connectivity index (χ4n) is 4.26. The van der Waals surface area contributed by atoms with E-state index in [9.17, 15) is 13.2 Å². The van der Waals surface area contributed by atoms with E-state index in [2.05, 4.69) is 43.9 Å². The summed E-state index contributed by atoms with van der Waals surface area (Å²) in [6.07, 6.45) is 9.95. The molecule has 7 nitrogen and oxygen atoms in total. The van der Waals surface area contributed by atoms with Crippen molar-refractivity contribution in [2.45, 2.75) is 76.7 Å². The van der Waals surface area contributed by atoms with Gasteiger partial charge in [-0.1, -0.05) is 73.8 Å². The Morgan fingerprint density at radius 1 is 1.16 bits per heavy atom. The van der Waals surface area contributed by atoms with Crippen LogP contribution >= 0.6 is 22.6 Å². The zero-order chi connectivity index (χ0) is 23.5. The monoisotopic (exact) mass is 579 g/mol. The number of alkyl halides is 1. The third kappa shape index (κ3) is 9.52. The summed E-state index contributed by atoms with van der Waals surface area (Å²) in [5, 5.41) is 0. The van der Waals surface area contributed by atoms with Gasteiger partial charge in [-0.15, -0.1) is 0 Å². The van der Waals surface area contributed by atoms with Gasteiger partial charge in [-0.3, -0.25) is 14.4 Å². The minimum atomic E-state index is -3.86. The fraction of sp³-hybridized carbons (Fsp3) is 0.696. The van der Waals surface area contributed by atoms with Gasteiger partial charge in [-0.25, -0.2) is 0 Å². The second-order valence-corrected chi connectivity index (χ2v) is 10.8. The van der Waals surface area contributed by atoms with Crippen LogP contribution in [0.3, 0.4) is 0 Å². The number of ether oxygens (including phenoxy) is 1. The highest BCUT2D eigenvalue weighted by molar-refractivity contribution is 14.1. The Morgan fingerprint density at radius 2 is 1.84 bits per heavy atom. The van der Waals surface area contributed by atoms with Crippen molar-refractivity contribution >= 4 is 44.5 Å². The summed E-state index contributed by atoms with van der Waals surface area (Å²) in [4.78, 5) is 14.2. The lowest BCUT2D eigenvalue weighted by Gasteiger charge is -2.41. The molecule has 1 atom stereocenters. The van der Waals surface area contributed by atoms with Crippen molar-refractivity contribution in [1.82, 2.24) is 9.62 Å². The van der Waals surface area contributed by atoms with E-state index in [0.717, 1.165) is 30.4 Å². The van der Waals surface area contributed by atoms with Crippen LogP contribution in [0.15, 0.2) is 24.3 Å². The number of piperidine rings is 1. The number of anilines is 1. The number of esters is 1. The number of carbonyl (C=O) groups is 1. The Labute approximate surface area is 207 Å². The molecule has 182 valence electrons. The van der Waals surface area contributed by atoms with Gasteiger partial charge in [0.25, 0.3) is 10.2 Å². The zero-order valence-corrected chi connectivity index (χ0v) is 22.3.